The van der Waals surface area contributed by atoms with Crippen LogP contribution in [0.1, 0.15) is 16.4 Å². The molecule has 0 amide bonds. The summed E-state index contributed by atoms with van der Waals surface area (Å²) in [5.74, 6) is 0. The molecule has 0 saturated heterocycles. The fourth-order valence-electron chi connectivity index (χ4n) is 1.61. The van der Waals surface area contributed by atoms with E-state index in [1.165, 1.54) is 29.7 Å². The van der Waals surface area contributed by atoms with Crippen molar-refractivity contribution in [3.63, 3.8) is 0 Å². The van der Waals surface area contributed by atoms with Crippen LogP contribution in [0.15, 0.2) is 28.6 Å². The van der Waals surface area contributed by atoms with Gasteiger partial charge in [-0.1, -0.05) is 0 Å². The summed E-state index contributed by atoms with van der Waals surface area (Å²) >= 11 is 1.52. The monoisotopic (exact) mass is 308 g/mol. The van der Waals surface area contributed by atoms with Crippen molar-refractivity contribution in [2.24, 2.45) is 0 Å². The number of hydrogen-bond acceptors (Lipinski definition) is 6. The molecule has 1 N–H and O–H groups in total. The summed E-state index contributed by atoms with van der Waals surface area (Å²) in [5.41, 5.74) is 0.742. The summed E-state index contributed by atoms with van der Waals surface area (Å²) in [7, 11) is -3.73. The van der Waals surface area contributed by atoms with Crippen LogP contribution in [0.25, 0.3) is 0 Å². The van der Waals surface area contributed by atoms with Gasteiger partial charge in [0, 0.05) is 24.5 Å². The average molecular weight is 308 g/mol. The van der Waals surface area contributed by atoms with Gasteiger partial charge in [-0.25, -0.2) is 23.1 Å². The zero-order chi connectivity index (χ0) is 14.6. The van der Waals surface area contributed by atoms with Crippen LogP contribution in [0, 0.1) is 18.3 Å². The van der Waals surface area contributed by atoms with Gasteiger partial charge in [-0.15, -0.1) is 11.3 Å². The number of nitrogens with zero attached hydrogens (tertiary/aromatic N) is 3. The molecule has 0 aromatic carbocycles. The Balaban J connectivity index is 2.06. The molecule has 0 bridgehead atoms. The molecular formula is C12H12N4O2S2. The van der Waals surface area contributed by atoms with E-state index in [9.17, 15) is 8.42 Å². The predicted octanol–water partition coefficient (Wildman–Crippen LogP) is 1.24. The summed E-state index contributed by atoms with van der Waals surface area (Å²) in [6, 6.07) is 4.62. The average Bonchev–Trinajstić information content (AvgIpc) is 2.84. The third-order valence-electron chi connectivity index (χ3n) is 2.51. The number of nitriles is 1. The highest BCUT2D eigenvalue weighted by Gasteiger charge is 2.18. The maximum Gasteiger partial charge on any atom is 0.243 e. The highest BCUT2D eigenvalue weighted by atomic mass is 32.2. The van der Waals surface area contributed by atoms with Crippen molar-refractivity contribution in [1.29, 1.82) is 5.26 Å². The van der Waals surface area contributed by atoms with Gasteiger partial charge in [0.15, 0.2) is 5.69 Å². The lowest BCUT2D eigenvalue weighted by molar-refractivity contribution is 0.580. The van der Waals surface area contributed by atoms with E-state index in [1.54, 1.807) is 6.07 Å². The Morgan fingerprint density at radius 1 is 1.50 bits per heavy atom. The van der Waals surface area contributed by atoms with Gasteiger partial charge in [0.1, 0.15) is 11.0 Å². The minimum absolute atomic E-state index is 0.100. The normalized spacial score (nSPS) is 11.2. The molecule has 0 atom stereocenters. The molecule has 2 aromatic rings. The molecule has 0 radical (unpaired) electrons. The number of sulfonamides is 1. The Bertz CT molecular complexity index is 747. The van der Waals surface area contributed by atoms with Gasteiger partial charge in [-0.2, -0.15) is 5.26 Å². The third-order valence-corrected chi connectivity index (χ3v) is 4.82. The lowest BCUT2D eigenvalue weighted by Crippen LogP contribution is -2.27. The summed E-state index contributed by atoms with van der Waals surface area (Å²) in [4.78, 5) is 7.90. The molecule has 8 heteroatoms. The Hall–Kier alpha value is -1.82. The first-order valence-electron chi connectivity index (χ1n) is 5.79. The van der Waals surface area contributed by atoms with E-state index in [1.807, 2.05) is 12.3 Å². The highest BCUT2D eigenvalue weighted by molar-refractivity contribution is 7.89. The molecule has 0 fully saturated rings. The number of pyridine rings is 1. The first-order valence-corrected chi connectivity index (χ1v) is 8.15. The van der Waals surface area contributed by atoms with Crippen molar-refractivity contribution in [2.75, 3.05) is 6.54 Å². The van der Waals surface area contributed by atoms with Crippen LogP contribution < -0.4 is 4.72 Å². The summed E-state index contributed by atoms with van der Waals surface area (Å²) < 4.78 is 26.6. The van der Waals surface area contributed by atoms with E-state index >= 15 is 0 Å². The third kappa shape index (κ3) is 3.39. The minimum atomic E-state index is -3.73. The molecular weight excluding hydrogens is 296 g/mol. The van der Waals surface area contributed by atoms with Crippen LogP contribution in [0.3, 0.4) is 0 Å². The van der Waals surface area contributed by atoms with E-state index in [4.69, 9.17) is 5.26 Å². The smallest absolute Gasteiger partial charge is 0.243 e. The van der Waals surface area contributed by atoms with Crippen LogP contribution in [-0.4, -0.2) is 24.9 Å². The maximum absolute atomic E-state index is 12.1. The lowest BCUT2D eigenvalue weighted by atomic mass is 10.3. The number of thiazole rings is 1. The highest BCUT2D eigenvalue weighted by Crippen LogP contribution is 2.12. The molecule has 20 heavy (non-hydrogen) atoms. The molecule has 2 aromatic heterocycles. The summed E-state index contributed by atoms with van der Waals surface area (Å²) in [6.07, 6.45) is 1.89. The topological polar surface area (TPSA) is 95.7 Å². The largest absolute Gasteiger partial charge is 0.247 e. The molecule has 2 heterocycles. The SMILES string of the molecule is Cc1nc(CCNS(=O)(=O)c2cccnc2C#N)cs1. The standard InChI is InChI=1S/C12H12N4O2S2/c1-9-16-10(8-19-9)4-6-15-20(17,18)12-3-2-5-14-11(12)7-13/h2-3,5,8,15H,4,6H2,1H3. The van der Waals surface area contributed by atoms with Crippen LogP contribution in [0.4, 0.5) is 0 Å². The van der Waals surface area contributed by atoms with E-state index < -0.39 is 10.0 Å². The van der Waals surface area contributed by atoms with Crippen molar-refractivity contribution in [2.45, 2.75) is 18.2 Å². The fourth-order valence-corrected chi connectivity index (χ4v) is 3.39. The molecule has 0 spiro atoms. The molecule has 0 unspecified atom stereocenters. The van der Waals surface area contributed by atoms with Gasteiger partial charge in [0.2, 0.25) is 10.0 Å². The van der Waals surface area contributed by atoms with Gasteiger partial charge < -0.3 is 0 Å². The van der Waals surface area contributed by atoms with Crippen LogP contribution in [0.2, 0.25) is 0 Å². The van der Waals surface area contributed by atoms with Crippen molar-refractivity contribution < 1.29 is 8.42 Å². The molecule has 2 rings (SSSR count). The molecule has 0 saturated carbocycles. The second-order valence-corrected chi connectivity index (χ2v) is 6.77. The van der Waals surface area contributed by atoms with Crippen LogP contribution >= 0.6 is 11.3 Å². The summed E-state index contributed by atoms with van der Waals surface area (Å²) in [6.45, 7) is 2.12. The number of hydrogen-bond donors (Lipinski definition) is 1. The Morgan fingerprint density at radius 2 is 2.30 bits per heavy atom. The van der Waals surface area contributed by atoms with Crippen molar-refractivity contribution in [1.82, 2.24) is 14.7 Å². The number of aryl methyl sites for hydroxylation is 1. The predicted molar refractivity (Wildman–Crippen MR) is 74.7 cm³/mol. The zero-order valence-electron chi connectivity index (χ0n) is 10.7. The van der Waals surface area contributed by atoms with E-state index in [-0.39, 0.29) is 17.1 Å². The van der Waals surface area contributed by atoms with Crippen LogP contribution in [0.5, 0.6) is 0 Å². The number of nitrogens with one attached hydrogen (secondary N) is 1. The van der Waals surface area contributed by atoms with Gasteiger partial charge in [-0.05, 0) is 19.1 Å². The molecule has 0 aliphatic heterocycles. The van der Waals surface area contributed by atoms with Gasteiger partial charge >= 0.3 is 0 Å². The second-order valence-electron chi connectivity index (χ2n) is 3.97. The lowest BCUT2D eigenvalue weighted by Gasteiger charge is -2.06. The van der Waals surface area contributed by atoms with Gasteiger partial charge in [0.25, 0.3) is 0 Å². The quantitative estimate of drug-likeness (QED) is 0.896. The van der Waals surface area contributed by atoms with E-state index in [2.05, 4.69) is 14.7 Å². The first-order chi connectivity index (χ1) is 9.53. The fraction of sp³-hybridized carbons (Fsp3) is 0.250. The van der Waals surface area contributed by atoms with Gasteiger partial charge in [0.05, 0.1) is 10.7 Å². The molecule has 0 aliphatic rings. The second kappa shape index (κ2) is 6.09. The van der Waals surface area contributed by atoms with Crippen molar-refractivity contribution in [3.8, 4) is 6.07 Å². The van der Waals surface area contributed by atoms with Crippen molar-refractivity contribution >= 4 is 21.4 Å². The van der Waals surface area contributed by atoms with Crippen LogP contribution in [-0.2, 0) is 16.4 Å². The molecule has 104 valence electrons. The van der Waals surface area contributed by atoms with Crippen molar-refractivity contribution in [3.05, 3.63) is 40.1 Å². The first kappa shape index (κ1) is 14.6. The Morgan fingerprint density at radius 3 is 2.95 bits per heavy atom. The van der Waals surface area contributed by atoms with Gasteiger partial charge in [-0.3, -0.25) is 0 Å². The minimum Gasteiger partial charge on any atom is -0.247 e. The Labute approximate surface area is 121 Å². The number of rotatable bonds is 5. The van der Waals surface area contributed by atoms with E-state index in [0.29, 0.717) is 6.42 Å². The summed E-state index contributed by atoms with van der Waals surface area (Å²) in [5, 5.41) is 11.7. The Kier molecular flexibility index (Phi) is 4.44. The zero-order valence-corrected chi connectivity index (χ0v) is 12.3. The van der Waals surface area contributed by atoms with E-state index in [0.717, 1.165) is 10.7 Å². The maximum atomic E-state index is 12.1. The molecule has 0 aliphatic carbocycles. The number of aromatic nitrogens is 2. The molecule has 6 nitrogen and oxygen atoms in total.